The normalized spacial score (nSPS) is 25.3. The second kappa shape index (κ2) is 6.97. The van der Waals surface area contributed by atoms with Crippen LogP contribution in [0.1, 0.15) is 44.6 Å². The molecular weight excluding hydrogens is 277 g/mol. The minimum Gasteiger partial charge on any atom is -0.327 e. The SMILES string of the molecule is CCC1CCCC(C(N)Cc2cc(Cl)ccc2Cl)C1. The molecule has 0 spiro atoms. The molecular formula is C16H23Cl2N. The topological polar surface area (TPSA) is 26.0 Å². The molecule has 0 amide bonds. The first-order chi connectivity index (χ1) is 9.10. The standard InChI is InChI=1S/C16H23Cl2N/c1-2-11-4-3-5-12(8-11)16(19)10-13-9-14(17)6-7-15(13)18/h6-7,9,11-12,16H,2-5,8,10,19H2,1H3. The first kappa shape index (κ1) is 15.2. The van der Waals surface area contributed by atoms with Gasteiger partial charge in [-0.15, -0.1) is 0 Å². The van der Waals surface area contributed by atoms with Crippen LogP contribution in [0.5, 0.6) is 0 Å². The molecule has 0 bridgehead atoms. The Morgan fingerprint density at radius 1 is 1.32 bits per heavy atom. The van der Waals surface area contributed by atoms with Crippen LogP contribution >= 0.6 is 23.2 Å². The molecule has 0 aliphatic heterocycles. The van der Waals surface area contributed by atoms with Gasteiger partial charge in [-0.1, -0.05) is 49.4 Å². The van der Waals surface area contributed by atoms with E-state index in [1.165, 1.54) is 32.1 Å². The Hall–Kier alpha value is -0.240. The smallest absolute Gasteiger partial charge is 0.0439 e. The minimum absolute atomic E-state index is 0.199. The lowest BCUT2D eigenvalue weighted by molar-refractivity contribution is 0.228. The van der Waals surface area contributed by atoms with Crippen LogP contribution in [0.4, 0.5) is 0 Å². The van der Waals surface area contributed by atoms with Crippen LogP contribution in [0.3, 0.4) is 0 Å². The Bertz CT molecular complexity index is 419. The fourth-order valence-corrected chi connectivity index (χ4v) is 3.60. The average molecular weight is 300 g/mol. The highest BCUT2D eigenvalue weighted by Crippen LogP contribution is 2.34. The summed E-state index contributed by atoms with van der Waals surface area (Å²) in [5.74, 6) is 1.49. The average Bonchev–Trinajstić information content (AvgIpc) is 2.43. The van der Waals surface area contributed by atoms with E-state index >= 15 is 0 Å². The molecule has 1 aliphatic rings. The summed E-state index contributed by atoms with van der Waals surface area (Å²) in [5.41, 5.74) is 7.50. The van der Waals surface area contributed by atoms with Gasteiger partial charge in [-0.05, 0) is 54.9 Å². The van der Waals surface area contributed by atoms with Gasteiger partial charge >= 0.3 is 0 Å². The van der Waals surface area contributed by atoms with Crippen LogP contribution in [0.2, 0.25) is 10.0 Å². The van der Waals surface area contributed by atoms with Gasteiger partial charge in [-0.25, -0.2) is 0 Å². The molecule has 0 heterocycles. The van der Waals surface area contributed by atoms with Crippen LogP contribution in [0.15, 0.2) is 18.2 Å². The summed E-state index contributed by atoms with van der Waals surface area (Å²) in [4.78, 5) is 0. The lowest BCUT2D eigenvalue weighted by Crippen LogP contribution is -2.35. The third kappa shape index (κ3) is 4.11. The highest BCUT2D eigenvalue weighted by molar-refractivity contribution is 6.33. The molecule has 2 N–H and O–H groups in total. The zero-order valence-electron chi connectivity index (χ0n) is 11.5. The third-order valence-corrected chi connectivity index (χ3v) is 5.07. The summed E-state index contributed by atoms with van der Waals surface area (Å²) in [5, 5.41) is 1.52. The predicted molar refractivity (Wildman–Crippen MR) is 83.9 cm³/mol. The summed E-state index contributed by atoms with van der Waals surface area (Å²) in [7, 11) is 0. The number of nitrogens with two attached hydrogens (primary N) is 1. The van der Waals surface area contributed by atoms with E-state index < -0.39 is 0 Å². The molecule has 3 atom stereocenters. The molecule has 19 heavy (non-hydrogen) atoms. The van der Waals surface area contributed by atoms with Crippen molar-refractivity contribution < 1.29 is 0 Å². The van der Waals surface area contributed by atoms with Gasteiger partial charge in [-0.3, -0.25) is 0 Å². The lowest BCUT2D eigenvalue weighted by atomic mass is 9.76. The summed E-state index contributed by atoms with van der Waals surface area (Å²) in [6, 6.07) is 5.84. The quantitative estimate of drug-likeness (QED) is 0.824. The number of hydrogen-bond donors (Lipinski definition) is 1. The first-order valence-electron chi connectivity index (χ1n) is 7.29. The summed E-state index contributed by atoms with van der Waals surface area (Å²) >= 11 is 12.3. The minimum atomic E-state index is 0.199. The fraction of sp³-hybridized carbons (Fsp3) is 0.625. The molecule has 3 heteroatoms. The Balaban J connectivity index is 2.00. The van der Waals surface area contributed by atoms with Gasteiger partial charge in [-0.2, -0.15) is 0 Å². The van der Waals surface area contributed by atoms with Crippen molar-refractivity contribution >= 4 is 23.2 Å². The van der Waals surface area contributed by atoms with Crippen LogP contribution in [0.25, 0.3) is 0 Å². The van der Waals surface area contributed by atoms with Crippen LogP contribution in [-0.4, -0.2) is 6.04 Å². The van der Waals surface area contributed by atoms with E-state index in [1.807, 2.05) is 18.2 Å². The number of hydrogen-bond acceptors (Lipinski definition) is 1. The molecule has 0 radical (unpaired) electrons. The van der Waals surface area contributed by atoms with E-state index in [2.05, 4.69) is 6.92 Å². The van der Waals surface area contributed by atoms with Crippen molar-refractivity contribution in [3.05, 3.63) is 33.8 Å². The zero-order chi connectivity index (χ0) is 13.8. The Morgan fingerprint density at radius 2 is 2.11 bits per heavy atom. The molecule has 0 aromatic heterocycles. The van der Waals surface area contributed by atoms with Crippen molar-refractivity contribution in [3.8, 4) is 0 Å². The maximum atomic E-state index is 6.41. The Labute approximate surface area is 126 Å². The highest BCUT2D eigenvalue weighted by atomic mass is 35.5. The molecule has 0 saturated heterocycles. The van der Waals surface area contributed by atoms with Crippen molar-refractivity contribution in [3.63, 3.8) is 0 Å². The van der Waals surface area contributed by atoms with Crippen molar-refractivity contribution in [2.75, 3.05) is 0 Å². The second-order valence-electron chi connectivity index (χ2n) is 5.80. The van der Waals surface area contributed by atoms with E-state index in [1.54, 1.807) is 0 Å². The van der Waals surface area contributed by atoms with E-state index in [9.17, 15) is 0 Å². The van der Waals surface area contributed by atoms with Crippen LogP contribution in [0, 0.1) is 11.8 Å². The molecule has 1 fully saturated rings. The van der Waals surface area contributed by atoms with E-state index in [4.69, 9.17) is 28.9 Å². The third-order valence-electron chi connectivity index (χ3n) is 4.47. The molecule has 3 unspecified atom stereocenters. The van der Waals surface area contributed by atoms with Gasteiger partial charge < -0.3 is 5.73 Å². The van der Waals surface area contributed by atoms with Gasteiger partial charge in [0.2, 0.25) is 0 Å². The summed E-state index contributed by atoms with van der Waals surface area (Å²) in [6.45, 7) is 2.28. The van der Waals surface area contributed by atoms with Gasteiger partial charge in [0, 0.05) is 16.1 Å². The summed E-state index contributed by atoms with van der Waals surface area (Å²) < 4.78 is 0. The van der Waals surface area contributed by atoms with Crippen molar-refractivity contribution in [2.24, 2.45) is 17.6 Å². The lowest BCUT2D eigenvalue weighted by Gasteiger charge is -2.32. The molecule has 1 nitrogen and oxygen atoms in total. The molecule has 1 aromatic rings. The van der Waals surface area contributed by atoms with Gasteiger partial charge in [0.15, 0.2) is 0 Å². The van der Waals surface area contributed by atoms with E-state index in [-0.39, 0.29) is 6.04 Å². The molecule has 1 saturated carbocycles. The van der Waals surface area contributed by atoms with Crippen molar-refractivity contribution in [1.29, 1.82) is 0 Å². The number of halogens is 2. The maximum Gasteiger partial charge on any atom is 0.0439 e. The van der Waals surface area contributed by atoms with Gasteiger partial charge in [0.1, 0.15) is 0 Å². The predicted octanol–water partition coefficient (Wildman–Crippen LogP) is 5.08. The number of benzene rings is 1. The maximum absolute atomic E-state index is 6.41. The second-order valence-corrected chi connectivity index (χ2v) is 6.65. The fourth-order valence-electron chi connectivity index (χ4n) is 3.21. The molecule has 1 aromatic carbocycles. The largest absolute Gasteiger partial charge is 0.327 e. The zero-order valence-corrected chi connectivity index (χ0v) is 13.1. The number of rotatable bonds is 4. The van der Waals surface area contributed by atoms with Gasteiger partial charge in [0.05, 0.1) is 0 Å². The molecule has 106 valence electrons. The summed E-state index contributed by atoms with van der Waals surface area (Å²) in [6.07, 6.45) is 7.34. The van der Waals surface area contributed by atoms with Gasteiger partial charge in [0.25, 0.3) is 0 Å². The molecule has 2 rings (SSSR count). The first-order valence-corrected chi connectivity index (χ1v) is 8.05. The van der Waals surface area contributed by atoms with E-state index in [0.717, 1.165) is 27.9 Å². The van der Waals surface area contributed by atoms with Crippen LogP contribution in [-0.2, 0) is 6.42 Å². The monoisotopic (exact) mass is 299 g/mol. The van der Waals surface area contributed by atoms with Crippen molar-refractivity contribution in [1.82, 2.24) is 0 Å². The highest BCUT2D eigenvalue weighted by Gasteiger charge is 2.26. The Morgan fingerprint density at radius 3 is 2.84 bits per heavy atom. The van der Waals surface area contributed by atoms with E-state index in [0.29, 0.717) is 5.92 Å². The van der Waals surface area contributed by atoms with Crippen LogP contribution < -0.4 is 5.73 Å². The molecule has 1 aliphatic carbocycles. The van der Waals surface area contributed by atoms with Crippen molar-refractivity contribution in [2.45, 2.75) is 51.5 Å². The Kier molecular flexibility index (Phi) is 5.56.